The third-order valence-electron chi connectivity index (χ3n) is 4.34. The second-order valence-electron chi connectivity index (χ2n) is 6.52. The van der Waals surface area contributed by atoms with Gasteiger partial charge in [0.2, 0.25) is 0 Å². The summed E-state index contributed by atoms with van der Waals surface area (Å²) in [7, 11) is 0. The quantitative estimate of drug-likeness (QED) is 0.844. The predicted molar refractivity (Wildman–Crippen MR) is 91.2 cm³/mol. The lowest BCUT2D eigenvalue weighted by Crippen LogP contribution is -2.52. The average molecular weight is 342 g/mol. The van der Waals surface area contributed by atoms with E-state index in [-0.39, 0.29) is 13.2 Å². The summed E-state index contributed by atoms with van der Waals surface area (Å²) in [5.41, 5.74) is -0.0871. The van der Waals surface area contributed by atoms with Crippen molar-refractivity contribution in [3.8, 4) is 24.2 Å². The molecule has 5 heteroatoms. The fraction of sp³-hybridized carbons (Fsp3) is 0.500. The minimum absolute atomic E-state index is 0.0693. The summed E-state index contributed by atoms with van der Waals surface area (Å²) < 4.78 is 23.6. The van der Waals surface area contributed by atoms with Gasteiger partial charge >= 0.3 is 0 Å². The van der Waals surface area contributed by atoms with Gasteiger partial charge in [0.1, 0.15) is 24.4 Å². The molecule has 0 aromatic heterocycles. The van der Waals surface area contributed by atoms with Crippen LogP contribution in [-0.4, -0.2) is 48.2 Å². The molecule has 2 aliphatic rings. The molecule has 0 aliphatic carbocycles. The molecule has 0 amide bonds. The van der Waals surface area contributed by atoms with Crippen LogP contribution >= 0.6 is 0 Å². The molecule has 25 heavy (non-hydrogen) atoms. The Balaban J connectivity index is 1.88. The molecule has 0 spiro atoms. The molecular weight excluding hydrogens is 320 g/mol. The Morgan fingerprint density at radius 2 is 2.00 bits per heavy atom. The number of fused-ring (bicyclic) bond motifs is 1. The van der Waals surface area contributed by atoms with Crippen molar-refractivity contribution < 1.29 is 24.1 Å². The SMILES string of the molecule is C#CCO[C@]1(CC#Cc2ccccc2)[C@@H](CO)O[C@@H]2OC(C)(C)O[C@@H]21. The van der Waals surface area contributed by atoms with Gasteiger partial charge in [-0.25, -0.2) is 0 Å². The summed E-state index contributed by atoms with van der Waals surface area (Å²) >= 11 is 0. The highest BCUT2D eigenvalue weighted by Crippen LogP contribution is 2.46. The first kappa shape index (κ1) is 17.9. The Morgan fingerprint density at radius 1 is 1.24 bits per heavy atom. The molecule has 1 N–H and O–H groups in total. The Bertz CT molecular complexity index is 696. The van der Waals surface area contributed by atoms with Gasteiger partial charge in [0.15, 0.2) is 12.1 Å². The van der Waals surface area contributed by atoms with Crippen molar-refractivity contribution in [2.24, 2.45) is 0 Å². The van der Waals surface area contributed by atoms with Crippen LogP contribution in [0.4, 0.5) is 0 Å². The van der Waals surface area contributed by atoms with Gasteiger partial charge in [-0.1, -0.05) is 36.0 Å². The fourth-order valence-electron chi connectivity index (χ4n) is 3.24. The van der Waals surface area contributed by atoms with Crippen molar-refractivity contribution in [1.82, 2.24) is 0 Å². The average Bonchev–Trinajstić information content (AvgIpc) is 3.05. The molecule has 2 saturated heterocycles. The van der Waals surface area contributed by atoms with Gasteiger partial charge in [-0.15, -0.1) is 6.42 Å². The third-order valence-corrected chi connectivity index (χ3v) is 4.34. The van der Waals surface area contributed by atoms with Crippen molar-refractivity contribution >= 4 is 0 Å². The van der Waals surface area contributed by atoms with Crippen LogP contribution in [-0.2, 0) is 18.9 Å². The van der Waals surface area contributed by atoms with E-state index in [0.717, 1.165) is 5.56 Å². The highest BCUT2D eigenvalue weighted by Gasteiger charge is 2.64. The minimum Gasteiger partial charge on any atom is -0.394 e. The molecule has 0 unspecified atom stereocenters. The molecule has 0 saturated carbocycles. The van der Waals surface area contributed by atoms with Crippen LogP contribution in [0.1, 0.15) is 25.8 Å². The van der Waals surface area contributed by atoms with E-state index in [1.54, 1.807) is 0 Å². The summed E-state index contributed by atoms with van der Waals surface area (Å²) in [6.07, 6.45) is 3.91. The summed E-state index contributed by atoms with van der Waals surface area (Å²) in [6, 6.07) is 9.65. The van der Waals surface area contributed by atoms with Crippen molar-refractivity contribution in [1.29, 1.82) is 0 Å². The van der Waals surface area contributed by atoms with E-state index in [1.807, 2.05) is 44.2 Å². The van der Waals surface area contributed by atoms with E-state index in [0.29, 0.717) is 6.42 Å². The Morgan fingerprint density at radius 3 is 2.68 bits per heavy atom. The Kier molecular flexibility index (Phi) is 5.15. The van der Waals surface area contributed by atoms with Crippen LogP contribution in [0.3, 0.4) is 0 Å². The van der Waals surface area contributed by atoms with Gasteiger partial charge in [-0.05, 0) is 26.0 Å². The first-order chi connectivity index (χ1) is 12.0. The maximum Gasteiger partial charge on any atom is 0.190 e. The molecule has 0 bridgehead atoms. The molecule has 1 aromatic carbocycles. The summed E-state index contributed by atoms with van der Waals surface area (Å²) in [5.74, 6) is 7.90. The number of terminal acetylenes is 1. The van der Waals surface area contributed by atoms with Gasteiger partial charge in [-0.3, -0.25) is 0 Å². The number of hydrogen-bond donors (Lipinski definition) is 1. The van der Waals surface area contributed by atoms with E-state index in [1.165, 1.54) is 0 Å². The van der Waals surface area contributed by atoms with Crippen LogP contribution in [0.2, 0.25) is 0 Å². The highest BCUT2D eigenvalue weighted by atomic mass is 16.8. The van der Waals surface area contributed by atoms with E-state index in [9.17, 15) is 5.11 Å². The van der Waals surface area contributed by atoms with Crippen molar-refractivity contribution in [2.45, 2.75) is 50.2 Å². The molecule has 2 heterocycles. The van der Waals surface area contributed by atoms with E-state index in [2.05, 4.69) is 17.8 Å². The maximum absolute atomic E-state index is 9.79. The van der Waals surface area contributed by atoms with E-state index >= 15 is 0 Å². The fourth-order valence-corrected chi connectivity index (χ4v) is 3.24. The van der Waals surface area contributed by atoms with Crippen LogP contribution in [0, 0.1) is 24.2 Å². The zero-order chi connectivity index (χ0) is 17.9. The molecule has 3 rings (SSSR count). The molecule has 0 radical (unpaired) electrons. The third kappa shape index (κ3) is 3.57. The van der Waals surface area contributed by atoms with Crippen molar-refractivity contribution in [2.75, 3.05) is 13.2 Å². The van der Waals surface area contributed by atoms with Gasteiger partial charge in [0.25, 0.3) is 0 Å². The molecule has 132 valence electrons. The molecule has 1 aromatic rings. The Hall–Kier alpha value is -1.86. The molecule has 2 aliphatic heterocycles. The van der Waals surface area contributed by atoms with Gasteiger partial charge in [0.05, 0.1) is 6.61 Å². The second-order valence-corrected chi connectivity index (χ2v) is 6.52. The van der Waals surface area contributed by atoms with Gasteiger partial charge in [0, 0.05) is 12.0 Å². The zero-order valence-electron chi connectivity index (χ0n) is 14.4. The number of rotatable bonds is 4. The summed E-state index contributed by atoms with van der Waals surface area (Å²) in [5, 5.41) is 9.79. The Labute approximate surface area is 148 Å². The normalized spacial score (nSPS) is 32.5. The topological polar surface area (TPSA) is 57.2 Å². The lowest BCUT2D eigenvalue weighted by Gasteiger charge is -2.35. The van der Waals surface area contributed by atoms with Crippen LogP contribution in [0.25, 0.3) is 0 Å². The number of aliphatic hydroxyl groups is 1. The standard InChI is InChI=1S/C20H22O5/c1-4-13-22-20(12-8-11-15-9-6-5-7-10-15)16(14-21)23-18-17(20)24-19(2,3)25-18/h1,5-7,9-10,16-18,21H,12-14H2,2-3H3/t16-,17+,18-,20-/m1/s1. The van der Waals surface area contributed by atoms with Crippen LogP contribution in [0.15, 0.2) is 30.3 Å². The highest BCUT2D eigenvalue weighted by molar-refractivity contribution is 5.34. The van der Waals surface area contributed by atoms with Crippen molar-refractivity contribution in [3.63, 3.8) is 0 Å². The van der Waals surface area contributed by atoms with E-state index < -0.39 is 29.9 Å². The molecule has 2 fully saturated rings. The molecular formula is C20H22O5. The predicted octanol–water partition coefficient (Wildman–Crippen LogP) is 1.69. The first-order valence-corrected chi connectivity index (χ1v) is 8.24. The monoisotopic (exact) mass is 342 g/mol. The first-order valence-electron chi connectivity index (χ1n) is 8.24. The number of aliphatic hydroxyl groups excluding tert-OH is 1. The van der Waals surface area contributed by atoms with Crippen molar-refractivity contribution in [3.05, 3.63) is 35.9 Å². The number of ether oxygens (including phenoxy) is 4. The summed E-state index contributed by atoms with van der Waals surface area (Å²) in [6.45, 7) is 3.45. The summed E-state index contributed by atoms with van der Waals surface area (Å²) in [4.78, 5) is 0. The second kappa shape index (κ2) is 7.17. The lowest BCUT2D eigenvalue weighted by molar-refractivity contribution is -0.238. The minimum atomic E-state index is -0.985. The van der Waals surface area contributed by atoms with Crippen LogP contribution < -0.4 is 0 Å². The maximum atomic E-state index is 9.79. The lowest BCUT2D eigenvalue weighted by atomic mass is 9.88. The number of benzene rings is 1. The largest absolute Gasteiger partial charge is 0.394 e. The van der Waals surface area contributed by atoms with E-state index in [4.69, 9.17) is 25.4 Å². The van der Waals surface area contributed by atoms with Gasteiger partial charge in [-0.2, -0.15) is 0 Å². The zero-order valence-corrected chi connectivity index (χ0v) is 14.4. The smallest absolute Gasteiger partial charge is 0.190 e. The van der Waals surface area contributed by atoms with Gasteiger partial charge < -0.3 is 24.1 Å². The number of hydrogen-bond acceptors (Lipinski definition) is 5. The van der Waals surface area contributed by atoms with Crippen LogP contribution in [0.5, 0.6) is 0 Å². The molecule has 5 nitrogen and oxygen atoms in total. The molecule has 4 atom stereocenters.